The molecule has 0 amide bonds. The molecule has 3 rings (SSSR count). The van der Waals surface area contributed by atoms with Crippen LogP contribution in [0.2, 0.25) is 0 Å². The molecule has 4 atom stereocenters. The predicted octanol–water partition coefficient (Wildman–Crippen LogP) is -1.01. The maximum Gasteiger partial charge on any atom is 0.166 e. The summed E-state index contributed by atoms with van der Waals surface area (Å²) in [4.78, 5) is 12.1. The number of hydrogen-bond donors (Lipinski definition) is 4. The van der Waals surface area contributed by atoms with Crippen molar-refractivity contribution in [1.29, 1.82) is 0 Å². The minimum Gasteiger partial charge on any atom is -0.389 e. The average molecular weight is 277 g/mol. The summed E-state index contributed by atoms with van der Waals surface area (Å²) < 4.78 is 1.61. The van der Waals surface area contributed by atoms with E-state index in [4.69, 9.17) is 5.73 Å². The lowest BCUT2D eigenvalue weighted by Gasteiger charge is -2.19. The summed E-state index contributed by atoms with van der Waals surface area (Å²) in [5, 5.41) is 29.7. The van der Waals surface area contributed by atoms with Crippen LogP contribution in [0.25, 0.3) is 11.2 Å². The normalized spacial score (nSPS) is 27.8. The highest BCUT2D eigenvalue weighted by Crippen LogP contribution is 2.33. The topological polar surface area (TPSA) is 130 Å². The quantitative estimate of drug-likeness (QED) is 0.517. The number of nitrogens with two attached hydrogens (primary N) is 1. The first-order valence-electron chi connectivity index (χ1n) is 6.19. The molecule has 0 aromatic carbocycles. The summed E-state index contributed by atoms with van der Waals surface area (Å²) in [6.45, 7) is 1.54. The molecule has 0 saturated carbocycles. The molecular weight excluding hydrogens is 262 g/mol. The van der Waals surface area contributed by atoms with Crippen LogP contribution in [-0.4, -0.2) is 53.2 Å². The van der Waals surface area contributed by atoms with Crippen LogP contribution >= 0.6 is 0 Å². The van der Waals surface area contributed by atoms with Crippen molar-refractivity contribution in [3.8, 4) is 0 Å². The lowest BCUT2D eigenvalue weighted by atomic mass is 10.1. The zero-order valence-electron chi connectivity index (χ0n) is 10.7. The van der Waals surface area contributed by atoms with Gasteiger partial charge in [0.15, 0.2) is 11.5 Å². The molecule has 8 heteroatoms. The number of aromatic nitrogens is 4. The third-order valence-electron chi connectivity index (χ3n) is 3.57. The number of rotatable bonds is 2. The van der Waals surface area contributed by atoms with E-state index >= 15 is 0 Å². The Kier molecular flexibility index (Phi) is 2.93. The fraction of sp³-hybridized carbons (Fsp3) is 0.417. The molecule has 0 radical (unpaired) electrons. The van der Waals surface area contributed by atoms with E-state index in [1.165, 1.54) is 19.6 Å². The zero-order chi connectivity index (χ0) is 14.4. The fourth-order valence-electron chi connectivity index (χ4n) is 2.50. The number of imidazole rings is 1. The van der Waals surface area contributed by atoms with Gasteiger partial charge in [-0.1, -0.05) is 6.08 Å². The van der Waals surface area contributed by atoms with Gasteiger partial charge in [0.2, 0.25) is 0 Å². The van der Waals surface area contributed by atoms with Crippen molar-refractivity contribution < 1.29 is 15.3 Å². The lowest BCUT2D eigenvalue weighted by Crippen LogP contribution is -2.31. The number of anilines is 1. The third-order valence-corrected chi connectivity index (χ3v) is 3.57. The van der Waals surface area contributed by atoms with Gasteiger partial charge in [0.25, 0.3) is 0 Å². The van der Waals surface area contributed by atoms with Gasteiger partial charge in [-0.05, 0) is 12.5 Å². The van der Waals surface area contributed by atoms with Crippen molar-refractivity contribution in [2.45, 2.75) is 31.3 Å². The Morgan fingerprint density at radius 1 is 1.30 bits per heavy atom. The van der Waals surface area contributed by atoms with Crippen LogP contribution in [-0.2, 0) is 0 Å². The minimum absolute atomic E-state index is 0.251. The van der Waals surface area contributed by atoms with E-state index in [9.17, 15) is 15.3 Å². The Morgan fingerprint density at radius 3 is 2.70 bits per heavy atom. The van der Waals surface area contributed by atoms with Gasteiger partial charge in [-0.3, -0.25) is 0 Å². The van der Waals surface area contributed by atoms with Gasteiger partial charge in [-0.25, -0.2) is 15.0 Å². The Morgan fingerprint density at radius 2 is 2.05 bits per heavy atom. The van der Waals surface area contributed by atoms with Gasteiger partial charge in [0, 0.05) is 0 Å². The van der Waals surface area contributed by atoms with Crippen molar-refractivity contribution in [3.05, 3.63) is 24.3 Å². The second-order valence-electron chi connectivity index (χ2n) is 4.85. The second kappa shape index (κ2) is 4.51. The molecule has 2 aromatic heterocycles. The van der Waals surface area contributed by atoms with Gasteiger partial charge < -0.3 is 25.6 Å². The Balaban J connectivity index is 2.10. The van der Waals surface area contributed by atoms with E-state index in [1.807, 2.05) is 0 Å². The monoisotopic (exact) mass is 277 g/mol. The summed E-state index contributed by atoms with van der Waals surface area (Å²) in [5.74, 6) is 0.251. The highest BCUT2D eigenvalue weighted by Gasteiger charge is 2.38. The first-order chi connectivity index (χ1) is 9.50. The summed E-state index contributed by atoms with van der Waals surface area (Å²) in [7, 11) is 0. The number of nitrogen functional groups attached to an aromatic ring is 1. The van der Waals surface area contributed by atoms with Crippen LogP contribution in [0.1, 0.15) is 13.0 Å². The molecule has 1 aliphatic carbocycles. The maximum absolute atomic E-state index is 10.1. The van der Waals surface area contributed by atoms with Crippen LogP contribution in [0.5, 0.6) is 0 Å². The number of aliphatic hydroxyl groups is 3. The van der Waals surface area contributed by atoms with Crippen LogP contribution in [0.3, 0.4) is 0 Å². The Bertz CT molecular complexity index is 681. The summed E-state index contributed by atoms with van der Waals surface area (Å²) >= 11 is 0. The number of nitrogens with zero attached hydrogens (tertiary/aromatic N) is 4. The van der Waals surface area contributed by atoms with Gasteiger partial charge in [0.1, 0.15) is 24.1 Å². The van der Waals surface area contributed by atoms with Gasteiger partial charge in [0.05, 0.1) is 18.5 Å². The minimum atomic E-state index is -1.11. The number of aliphatic hydroxyl groups excluding tert-OH is 3. The first kappa shape index (κ1) is 13.0. The summed E-state index contributed by atoms with van der Waals surface area (Å²) in [6, 6.07) is -0.561. The third kappa shape index (κ3) is 1.77. The molecule has 0 aliphatic heterocycles. The van der Waals surface area contributed by atoms with Crippen LogP contribution < -0.4 is 5.73 Å². The summed E-state index contributed by atoms with van der Waals surface area (Å²) in [6.07, 6.45) is 1.40. The van der Waals surface area contributed by atoms with E-state index < -0.39 is 24.4 Å². The molecule has 106 valence electrons. The largest absolute Gasteiger partial charge is 0.389 e. The van der Waals surface area contributed by atoms with Crippen LogP contribution in [0, 0.1) is 0 Å². The molecule has 2 heterocycles. The Labute approximate surface area is 114 Å². The number of hydrogen-bond acceptors (Lipinski definition) is 7. The average Bonchev–Trinajstić information content (AvgIpc) is 2.94. The lowest BCUT2D eigenvalue weighted by molar-refractivity contribution is 0.0237. The summed E-state index contributed by atoms with van der Waals surface area (Å²) in [5.41, 5.74) is 7.00. The molecule has 0 fully saturated rings. The van der Waals surface area contributed by atoms with E-state index in [0.29, 0.717) is 16.7 Å². The highest BCUT2D eigenvalue weighted by molar-refractivity contribution is 5.81. The molecule has 1 aliphatic rings. The van der Waals surface area contributed by atoms with E-state index in [2.05, 4.69) is 15.0 Å². The molecule has 0 saturated heterocycles. The molecule has 0 spiro atoms. The number of fused-ring (bicyclic) bond motifs is 1. The molecule has 1 unspecified atom stereocenters. The fourth-order valence-corrected chi connectivity index (χ4v) is 2.50. The highest BCUT2D eigenvalue weighted by atomic mass is 16.3. The van der Waals surface area contributed by atoms with Crippen LogP contribution in [0.4, 0.5) is 5.82 Å². The van der Waals surface area contributed by atoms with Crippen molar-refractivity contribution in [1.82, 2.24) is 19.5 Å². The van der Waals surface area contributed by atoms with E-state index in [-0.39, 0.29) is 5.82 Å². The van der Waals surface area contributed by atoms with Crippen molar-refractivity contribution in [2.75, 3.05) is 5.73 Å². The molecule has 20 heavy (non-hydrogen) atoms. The second-order valence-corrected chi connectivity index (χ2v) is 4.85. The van der Waals surface area contributed by atoms with E-state index in [1.54, 1.807) is 10.6 Å². The van der Waals surface area contributed by atoms with Gasteiger partial charge >= 0.3 is 0 Å². The standard InChI is InChI=1S/C12H15N5O3/c1-5(18)6-2-7(10(20)9(6)19)17-4-16-8-11(13)14-3-15-12(8)17/h2-5,7,9-10,18-20H,1H3,(H2,13,14,15)/t5?,7-,9-,10+/m1/s1. The smallest absolute Gasteiger partial charge is 0.166 e. The Hall–Kier alpha value is -2.03. The first-order valence-corrected chi connectivity index (χ1v) is 6.19. The SMILES string of the molecule is CC(O)C1=C[C@@H](n2cnc3c(N)ncnc32)[C@H](O)[C@@H]1O. The van der Waals surface area contributed by atoms with Crippen molar-refractivity contribution >= 4 is 17.0 Å². The predicted molar refractivity (Wildman–Crippen MR) is 70.5 cm³/mol. The molecule has 8 nitrogen and oxygen atoms in total. The van der Waals surface area contributed by atoms with E-state index in [0.717, 1.165) is 0 Å². The van der Waals surface area contributed by atoms with Gasteiger partial charge in [-0.15, -0.1) is 0 Å². The van der Waals surface area contributed by atoms with Gasteiger partial charge in [-0.2, -0.15) is 0 Å². The molecule has 2 aromatic rings. The molecule has 0 bridgehead atoms. The van der Waals surface area contributed by atoms with Crippen molar-refractivity contribution in [2.24, 2.45) is 0 Å². The molecule has 5 N–H and O–H groups in total. The van der Waals surface area contributed by atoms with Crippen LogP contribution in [0.15, 0.2) is 24.3 Å². The maximum atomic E-state index is 10.1. The zero-order valence-corrected chi connectivity index (χ0v) is 10.7. The molecular formula is C12H15N5O3. The van der Waals surface area contributed by atoms with Crippen molar-refractivity contribution in [3.63, 3.8) is 0 Å².